The Morgan fingerprint density at radius 1 is 1.50 bits per heavy atom. The summed E-state index contributed by atoms with van der Waals surface area (Å²) in [5.41, 5.74) is 1.76. The molecule has 0 fully saturated rings. The van der Waals surface area contributed by atoms with E-state index in [9.17, 15) is 9.59 Å². The zero-order valence-corrected chi connectivity index (χ0v) is 13.0. The smallest absolute Gasteiger partial charge is 0.316 e. The molecule has 0 aromatic heterocycles. The van der Waals surface area contributed by atoms with E-state index in [1.807, 2.05) is 25.1 Å². The molecule has 0 aliphatic rings. The number of aryl methyl sites for hydroxylation is 1. The Kier molecular flexibility index (Phi) is 5.94. The summed E-state index contributed by atoms with van der Waals surface area (Å²) in [6.45, 7) is 3.49. The lowest BCUT2D eigenvalue weighted by Gasteiger charge is -2.09. The van der Waals surface area contributed by atoms with E-state index in [1.54, 1.807) is 6.92 Å². The summed E-state index contributed by atoms with van der Waals surface area (Å²) in [5.74, 6) is -0.950. The van der Waals surface area contributed by atoms with E-state index in [2.05, 4.69) is 27.9 Å². The number of carboxylic acid groups (broad SMARTS) is 1. The molecule has 18 heavy (non-hydrogen) atoms. The van der Waals surface area contributed by atoms with Crippen LogP contribution in [0.5, 0.6) is 0 Å². The van der Waals surface area contributed by atoms with E-state index in [0.717, 1.165) is 26.6 Å². The second-order valence-corrected chi connectivity index (χ2v) is 6.37. The first kappa shape index (κ1) is 15.3. The van der Waals surface area contributed by atoms with Crippen molar-refractivity contribution in [2.45, 2.75) is 19.1 Å². The maximum atomic E-state index is 11.6. The highest BCUT2D eigenvalue weighted by molar-refractivity contribution is 14.1. The Labute approximate surface area is 124 Å². The minimum atomic E-state index is -0.904. The molecule has 1 amide bonds. The topological polar surface area (TPSA) is 66.4 Å². The molecule has 0 saturated heterocycles. The molecule has 98 valence electrons. The molecule has 0 aliphatic carbocycles. The van der Waals surface area contributed by atoms with E-state index in [1.165, 1.54) is 0 Å². The third-order valence-corrected chi connectivity index (χ3v) is 4.08. The Bertz CT molecular complexity index is 465. The van der Waals surface area contributed by atoms with Gasteiger partial charge >= 0.3 is 5.97 Å². The highest BCUT2D eigenvalue weighted by Crippen LogP contribution is 2.18. The highest BCUT2D eigenvalue weighted by atomic mass is 127. The van der Waals surface area contributed by atoms with Crippen molar-refractivity contribution >= 4 is 51.9 Å². The van der Waals surface area contributed by atoms with Gasteiger partial charge in [0, 0.05) is 9.26 Å². The molecule has 1 rings (SSSR count). The summed E-state index contributed by atoms with van der Waals surface area (Å²) in [7, 11) is 0. The van der Waals surface area contributed by atoms with Crippen LogP contribution in [0.4, 0.5) is 5.69 Å². The van der Waals surface area contributed by atoms with E-state index in [4.69, 9.17) is 5.11 Å². The first-order valence-corrected chi connectivity index (χ1v) is 7.43. The lowest BCUT2D eigenvalue weighted by Crippen LogP contribution is -2.19. The normalized spacial score (nSPS) is 11.9. The van der Waals surface area contributed by atoms with Crippen LogP contribution in [0.2, 0.25) is 0 Å². The molecule has 0 aliphatic heterocycles. The molecule has 6 heteroatoms. The van der Waals surface area contributed by atoms with Crippen LogP contribution in [-0.2, 0) is 9.59 Å². The van der Waals surface area contributed by atoms with Gasteiger partial charge in [0.05, 0.1) is 11.0 Å². The van der Waals surface area contributed by atoms with Crippen LogP contribution < -0.4 is 5.32 Å². The number of carbonyl (C=O) groups is 2. The van der Waals surface area contributed by atoms with Gasteiger partial charge in [0.15, 0.2) is 0 Å². The molecule has 4 nitrogen and oxygen atoms in total. The van der Waals surface area contributed by atoms with Gasteiger partial charge in [-0.2, -0.15) is 0 Å². The molecule has 0 spiro atoms. The molecule has 0 heterocycles. The molecule has 0 bridgehead atoms. The van der Waals surface area contributed by atoms with Crippen LogP contribution in [0.15, 0.2) is 18.2 Å². The van der Waals surface area contributed by atoms with Crippen LogP contribution in [0, 0.1) is 10.5 Å². The SMILES string of the molecule is Cc1cc(I)ccc1NC(=O)CSC(C)C(=O)O. The molecule has 0 radical (unpaired) electrons. The van der Waals surface area contributed by atoms with Gasteiger partial charge in [-0.3, -0.25) is 9.59 Å². The number of nitrogens with one attached hydrogen (secondary N) is 1. The number of carbonyl (C=O) groups excluding carboxylic acids is 1. The molecule has 1 aromatic rings. The van der Waals surface area contributed by atoms with Crippen molar-refractivity contribution in [3.05, 3.63) is 27.3 Å². The number of carboxylic acids is 1. The van der Waals surface area contributed by atoms with Gasteiger partial charge in [-0.25, -0.2) is 0 Å². The zero-order chi connectivity index (χ0) is 13.7. The lowest BCUT2D eigenvalue weighted by molar-refractivity contribution is -0.136. The van der Waals surface area contributed by atoms with Gasteiger partial charge in [0.1, 0.15) is 0 Å². The maximum Gasteiger partial charge on any atom is 0.316 e. The van der Waals surface area contributed by atoms with Crippen LogP contribution in [0.1, 0.15) is 12.5 Å². The number of rotatable bonds is 5. The van der Waals surface area contributed by atoms with Gasteiger partial charge in [-0.1, -0.05) is 0 Å². The van der Waals surface area contributed by atoms with Crippen molar-refractivity contribution in [1.29, 1.82) is 0 Å². The van der Waals surface area contributed by atoms with Crippen LogP contribution in [0.3, 0.4) is 0 Å². The Morgan fingerprint density at radius 2 is 2.17 bits per heavy atom. The number of thioether (sulfide) groups is 1. The van der Waals surface area contributed by atoms with Crippen molar-refractivity contribution in [1.82, 2.24) is 0 Å². The first-order valence-electron chi connectivity index (χ1n) is 5.30. The summed E-state index contributed by atoms with van der Waals surface area (Å²) in [5, 5.41) is 10.9. The van der Waals surface area contributed by atoms with Crippen molar-refractivity contribution in [3.63, 3.8) is 0 Å². The Hall–Kier alpha value is -0.760. The number of halogens is 1. The molecule has 1 unspecified atom stereocenters. The minimum Gasteiger partial charge on any atom is -0.480 e. The second-order valence-electron chi connectivity index (χ2n) is 3.80. The van der Waals surface area contributed by atoms with E-state index < -0.39 is 11.2 Å². The van der Waals surface area contributed by atoms with Crippen molar-refractivity contribution in [2.75, 3.05) is 11.1 Å². The average molecular weight is 379 g/mol. The van der Waals surface area contributed by atoms with Crippen LogP contribution >= 0.6 is 34.4 Å². The molecule has 1 atom stereocenters. The average Bonchev–Trinajstić information content (AvgIpc) is 2.29. The second kappa shape index (κ2) is 6.98. The summed E-state index contributed by atoms with van der Waals surface area (Å²) in [4.78, 5) is 22.3. The van der Waals surface area contributed by atoms with Crippen LogP contribution in [-0.4, -0.2) is 28.0 Å². The third-order valence-electron chi connectivity index (χ3n) is 2.27. The fraction of sp³-hybridized carbons (Fsp3) is 0.333. The molecule has 2 N–H and O–H groups in total. The Morgan fingerprint density at radius 3 is 2.72 bits per heavy atom. The monoisotopic (exact) mass is 379 g/mol. The number of amides is 1. The summed E-state index contributed by atoms with van der Waals surface area (Å²) < 4.78 is 1.11. The lowest BCUT2D eigenvalue weighted by atomic mass is 10.2. The summed E-state index contributed by atoms with van der Waals surface area (Å²) in [6, 6.07) is 5.74. The first-order chi connectivity index (χ1) is 8.40. The standard InChI is InChI=1S/C12H14INO3S/c1-7-5-9(13)3-4-10(7)14-11(15)6-18-8(2)12(16)17/h3-5,8H,6H2,1-2H3,(H,14,15)(H,16,17). The number of hydrogen-bond acceptors (Lipinski definition) is 3. The maximum absolute atomic E-state index is 11.6. The molecular formula is C12H14INO3S. The van der Waals surface area contributed by atoms with Crippen molar-refractivity contribution < 1.29 is 14.7 Å². The van der Waals surface area contributed by atoms with Gasteiger partial charge in [0.25, 0.3) is 0 Å². The van der Waals surface area contributed by atoms with Gasteiger partial charge < -0.3 is 10.4 Å². The van der Waals surface area contributed by atoms with E-state index in [0.29, 0.717) is 0 Å². The number of benzene rings is 1. The molecule has 1 aromatic carbocycles. The predicted molar refractivity (Wildman–Crippen MR) is 82.1 cm³/mol. The summed E-state index contributed by atoms with van der Waals surface area (Å²) in [6.07, 6.45) is 0. The van der Waals surface area contributed by atoms with E-state index in [-0.39, 0.29) is 11.7 Å². The summed E-state index contributed by atoms with van der Waals surface area (Å²) >= 11 is 3.31. The Balaban J connectivity index is 2.52. The molecular weight excluding hydrogens is 365 g/mol. The predicted octanol–water partition coefficient (Wildman–Crippen LogP) is 2.74. The number of hydrogen-bond donors (Lipinski definition) is 2. The van der Waals surface area contributed by atoms with Crippen molar-refractivity contribution in [3.8, 4) is 0 Å². The quantitative estimate of drug-likeness (QED) is 0.773. The molecule has 0 saturated carbocycles. The highest BCUT2D eigenvalue weighted by Gasteiger charge is 2.13. The number of anilines is 1. The van der Waals surface area contributed by atoms with Crippen LogP contribution in [0.25, 0.3) is 0 Å². The van der Waals surface area contributed by atoms with Crippen molar-refractivity contribution in [2.24, 2.45) is 0 Å². The zero-order valence-electron chi connectivity index (χ0n) is 10.1. The fourth-order valence-electron chi connectivity index (χ4n) is 1.23. The van der Waals surface area contributed by atoms with Gasteiger partial charge in [-0.15, -0.1) is 11.8 Å². The van der Waals surface area contributed by atoms with Gasteiger partial charge in [-0.05, 0) is 60.2 Å². The fourth-order valence-corrected chi connectivity index (χ4v) is 2.49. The minimum absolute atomic E-state index is 0.138. The number of aliphatic carboxylic acids is 1. The largest absolute Gasteiger partial charge is 0.480 e. The van der Waals surface area contributed by atoms with E-state index >= 15 is 0 Å². The van der Waals surface area contributed by atoms with Gasteiger partial charge in [0.2, 0.25) is 5.91 Å². The third kappa shape index (κ3) is 4.85.